The molecule has 2 rings (SSSR count). The van der Waals surface area contributed by atoms with Gasteiger partial charge >= 0.3 is 0 Å². The molecule has 0 saturated carbocycles. The first kappa shape index (κ1) is 14.7. The van der Waals surface area contributed by atoms with Crippen molar-refractivity contribution >= 4 is 12.4 Å². The Morgan fingerprint density at radius 3 is 2.95 bits per heavy atom. The van der Waals surface area contributed by atoms with Crippen molar-refractivity contribution in [2.45, 2.75) is 39.3 Å². The third kappa shape index (κ3) is 2.88. The monoisotopic (exact) mass is 272 g/mol. The highest BCUT2D eigenvalue weighted by Gasteiger charge is 2.30. The van der Waals surface area contributed by atoms with E-state index in [1.807, 2.05) is 19.9 Å². The van der Waals surface area contributed by atoms with Gasteiger partial charge in [0.1, 0.15) is 5.82 Å². The smallest absolute Gasteiger partial charge is 0.268 e. The molecular weight excluding hydrogens is 251 g/mol. The minimum Gasteiger partial charge on any atom is -0.481 e. The number of nitrogens with zero attached hydrogens (tertiary/aromatic N) is 3. The van der Waals surface area contributed by atoms with Crippen molar-refractivity contribution in [2.24, 2.45) is 16.8 Å². The highest BCUT2D eigenvalue weighted by Crippen LogP contribution is 2.30. The Kier molecular flexibility index (Phi) is 4.51. The van der Waals surface area contributed by atoms with Crippen molar-refractivity contribution in [2.75, 3.05) is 7.11 Å². The topological polar surface area (TPSA) is 74.6 Å². The van der Waals surface area contributed by atoms with Gasteiger partial charge in [-0.25, -0.2) is 21.1 Å². The molecule has 0 bridgehead atoms. The molecule has 1 unspecified atom stereocenters. The van der Waals surface area contributed by atoms with Gasteiger partial charge in [0.25, 0.3) is 6.71 Å². The molecule has 6 heteroatoms. The first-order valence-corrected chi connectivity index (χ1v) is 7.03. The maximum absolute atomic E-state index is 9.12. The second-order valence-electron chi connectivity index (χ2n) is 5.61. The van der Waals surface area contributed by atoms with E-state index in [-0.39, 0.29) is 6.71 Å². The van der Waals surface area contributed by atoms with E-state index in [4.69, 9.17) is 15.8 Å². The summed E-state index contributed by atoms with van der Waals surface area (Å²) in [5, 5.41) is 10.6. The van der Waals surface area contributed by atoms with Gasteiger partial charge in [0.05, 0.1) is 12.8 Å². The van der Waals surface area contributed by atoms with Crippen molar-refractivity contribution in [3.05, 3.63) is 23.4 Å². The zero-order valence-corrected chi connectivity index (χ0v) is 12.4. The van der Waals surface area contributed by atoms with Crippen LogP contribution < -0.4 is 5.84 Å². The number of rotatable bonds is 2. The number of hydrogen-bond donors (Lipinski definition) is 1. The normalized spacial score (nSPS) is 22.9. The maximum Gasteiger partial charge on any atom is 0.268 e. The van der Waals surface area contributed by atoms with Crippen LogP contribution in [0.25, 0.3) is 0 Å². The number of allylic oxidation sites excluding steroid dienone is 2. The highest BCUT2D eigenvalue weighted by molar-refractivity contribution is 6.67. The van der Waals surface area contributed by atoms with Gasteiger partial charge in [0.15, 0.2) is 0 Å². The molecule has 5 nitrogen and oxygen atoms in total. The number of methoxy groups -OCH3 is 1. The van der Waals surface area contributed by atoms with Crippen LogP contribution >= 0.6 is 0 Å². The van der Waals surface area contributed by atoms with Crippen LogP contribution in [-0.4, -0.2) is 24.5 Å². The lowest BCUT2D eigenvalue weighted by Crippen LogP contribution is -2.36. The summed E-state index contributed by atoms with van der Waals surface area (Å²) in [4.78, 5) is 4.68. The Labute approximate surface area is 120 Å². The Morgan fingerprint density at radius 2 is 2.35 bits per heavy atom. The molecule has 0 aromatic heterocycles. The van der Waals surface area contributed by atoms with Crippen LogP contribution in [0.1, 0.15) is 26.7 Å². The Morgan fingerprint density at radius 1 is 1.60 bits per heavy atom. The van der Waals surface area contributed by atoms with Gasteiger partial charge in [0, 0.05) is 12.0 Å². The van der Waals surface area contributed by atoms with E-state index in [1.165, 1.54) is 5.01 Å². The van der Waals surface area contributed by atoms with Crippen molar-refractivity contribution in [1.29, 1.82) is 5.26 Å². The van der Waals surface area contributed by atoms with Crippen molar-refractivity contribution < 1.29 is 4.74 Å². The van der Waals surface area contributed by atoms with E-state index < -0.39 is 0 Å². The molecule has 106 valence electrons. The van der Waals surface area contributed by atoms with Gasteiger partial charge in [-0.05, 0) is 31.8 Å². The molecule has 2 heterocycles. The minimum atomic E-state index is 0.141. The average Bonchev–Trinajstić information content (AvgIpc) is 2.47. The fourth-order valence-electron chi connectivity index (χ4n) is 2.80. The zero-order valence-electron chi connectivity index (χ0n) is 12.4. The predicted molar refractivity (Wildman–Crippen MR) is 80.6 cm³/mol. The summed E-state index contributed by atoms with van der Waals surface area (Å²) in [6.45, 7) is 4.10. The van der Waals surface area contributed by atoms with Crippen molar-refractivity contribution in [3.8, 4) is 5.97 Å². The average molecular weight is 272 g/mol. The standard InChI is InChI=1S/C14H21BN4O/c1-10(2)14-18-12(7-13(20-3)19(14)17)11-5-4-6-15(8-11)9-16/h7,11H,4-6,8,17H2,1-3H3. The lowest BCUT2D eigenvalue weighted by molar-refractivity contribution is 0.177. The Balaban J connectivity index is 2.30. The summed E-state index contributed by atoms with van der Waals surface area (Å²) in [6.07, 6.45) is 5.93. The lowest BCUT2D eigenvalue weighted by Gasteiger charge is -2.30. The van der Waals surface area contributed by atoms with Crippen LogP contribution in [0.4, 0.5) is 0 Å². The van der Waals surface area contributed by atoms with E-state index in [9.17, 15) is 0 Å². The van der Waals surface area contributed by atoms with Gasteiger partial charge in [0.2, 0.25) is 5.88 Å². The molecule has 0 aromatic carbocycles. The minimum absolute atomic E-state index is 0.141. The van der Waals surface area contributed by atoms with Crippen LogP contribution in [0.15, 0.2) is 28.3 Å². The lowest BCUT2D eigenvalue weighted by atomic mass is 9.40. The number of hydrazine groups is 1. The highest BCUT2D eigenvalue weighted by atomic mass is 16.5. The van der Waals surface area contributed by atoms with Crippen molar-refractivity contribution in [3.63, 3.8) is 0 Å². The fourth-order valence-corrected chi connectivity index (χ4v) is 2.80. The van der Waals surface area contributed by atoms with Crippen LogP contribution in [-0.2, 0) is 4.74 Å². The first-order valence-electron chi connectivity index (χ1n) is 7.03. The Hall–Kier alpha value is -1.74. The molecule has 0 aromatic rings. The SMILES string of the molecule is COC1=CC(C2CCCB(C#N)C2)=NC(=C(C)C)N1N. The predicted octanol–water partition coefficient (Wildman–Crippen LogP) is 2.32. The molecule has 2 N–H and O–H groups in total. The molecule has 2 aliphatic heterocycles. The van der Waals surface area contributed by atoms with E-state index in [1.54, 1.807) is 7.11 Å². The zero-order chi connectivity index (χ0) is 14.7. The third-order valence-corrected chi connectivity index (χ3v) is 3.90. The summed E-state index contributed by atoms with van der Waals surface area (Å²) in [5.41, 5.74) is 2.03. The van der Waals surface area contributed by atoms with E-state index in [0.29, 0.717) is 11.8 Å². The van der Waals surface area contributed by atoms with Crippen LogP contribution in [0.2, 0.25) is 12.6 Å². The molecule has 20 heavy (non-hydrogen) atoms. The molecule has 1 saturated heterocycles. The molecule has 0 spiro atoms. The molecule has 0 aliphatic carbocycles. The molecule has 1 atom stereocenters. The third-order valence-electron chi connectivity index (χ3n) is 3.90. The van der Waals surface area contributed by atoms with Crippen LogP contribution in [0, 0.1) is 17.1 Å². The van der Waals surface area contributed by atoms with E-state index >= 15 is 0 Å². The largest absolute Gasteiger partial charge is 0.481 e. The second kappa shape index (κ2) is 6.14. The summed E-state index contributed by atoms with van der Waals surface area (Å²) in [6, 6.07) is 0. The first-order chi connectivity index (χ1) is 9.56. The summed E-state index contributed by atoms with van der Waals surface area (Å²) in [5.74, 6) is 10.0. The van der Waals surface area contributed by atoms with Gasteiger partial charge in [-0.3, -0.25) is 0 Å². The molecular formula is C14H21BN4O. The summed E-state index contributed by atoms with van der Waals surface area (Å²) >= 11 is 0. The van der Waals surface area contributed by atoms with E-state index in [2.05, 4.69) is 11.0 Å². The number of nitriles is 1. The number of hydrogen-bond acceptors (Lipinski definition) is 5. The molecule has 0 amide bonds. The number of nitrogens with two attached hydrogens (primary N) is 1. The van der Waals surface area contributed by atoms with Crippen LogP contribution in [0.3, 0.4) is 0 Å². The summed E-state index contributed by atoms with van der Waals surface area (Å²) in [7, 11) is 1.61. The van der Waals surface area contributed by atoms with Gasteiger partial charge in [-0.2, -0.15) is 0 Å². The fraction of sp³-hybridized carbons (Fsp3) is 0.571. The van der Waals surface area contributed by atoms with Crippen molar-refractivity contribution in [1.82, 2.24) is 5.01 Å². The van der Waals surface area contributed by atoms with E-state index in [0.717, 1.165) is 42.6 Å². The van der Waals surface area contributed by atoms with Gasteiger partial charge in [-0.15, -0.1) is 0 Å². The number of aliphatic imine (C=N–C) groups is 1. The Bertz CT molecular complexity index is 514. The molecule has 2 aliphatic rings. The van der Waals surface area contributed by atoms with Gasteiger partial charge in [-0.1, -0.05) is 19.1 Å². The van der Waals surface area contributed by atoms with Crippen LogP contribution in [0.5, 0.6) is 0 Å². The molecule has 0 radical (unpaired) electrons. The second-order valence-corrected chi connectivity index (χ2v) is 5.61. The number of ether oxygens (including phenoxy) is 1. The summed E-state index contributed by atoms with van der Waals surface area (Å²) < 4.78 is 5.34. The van der Waals surface area contributed by atoms with Gasteiger partial charge < -0.3 is 4.74 Å². The maximum atomic E-state index is 9.12. The molecule has 1 fully saturated rings. The quantitative estimate of drug-likeness (QED) is 0.618.